The van der Waals surface area contributed by atoms with E-state index in [9.17, 15) is 14.4 Å². The topological polar surface area (TPSA) is 57.7 Å². The first-order valence-corrected chi connectivity index (χ1v) is 10.7. The molecule has 0 radical (unpaired) electrons. The standard InChI is InChI=1S/C22H17BrN2O3S/c23-16-8-10-17(11-9-16)25-20(26)13-18(21(25)27)24(14-15-5-2-1-3-6-15)22(28)19-7-4-12-29-19/h1-12,18H,13-14H2. The molecule has 2 aromatic carbocycles. The van der Waals surface area contributed by atoms with Gasteiger partial charge in [-0.2, -0.15) is 0 Å². The smallest absolute Gasteiger partial charge is 0.264 e. The number of nitrogens with zero attached hydrogens (tertiary/aromatic N) is 2. The van der Waals surface area contributed by atoms with Crippen molar-refractivity contribution in [3.63, 3.8) is 0 Å². The number of carbonyl (C=O) groups is 3. The van der Waals surface area contributed by atoms with Gasteiger partial charge < -0.3 is 4.90 Å². The summed E-state index contributed by atoms with van der Waals surface area (Å²) in [5.74, 6) is -0.926. The van der Waals surface area contributed by atoms with Crippen molar-refractivity contribution >= 4 is 50.7 Å². The summed E-state index contributed by atoms with van der Waals surface area (Å²) < 4.78 is 0.857. The highest BCUT2D eigenvalue weighted by atomic mass is 79.9. The van der Waals surface area contributed by atoms with E-state index in [0.29, 0.717) is 10.6 Å². The van der Waals surface area contributed by atoms with Gasteiger partial charge in [-0.1, -0.05) is 52.3 Å². The van der Waals surface area contributed by atoms with E-state index in [1.54, 1.807) is 36.4 Å². The number of thiophene rings is 1. The summed E-state index contributed by atoms with van der Waals surface area (Å²) in [7, 11) is 0. The molecule has 0 bridgehead atoms. The molecule has 2 heterocycles. The van der Waals surface area contributed by atoms with Crippen LogP contribution in [0.3, 0.4) is 0 Å². The van der Waals surface area contributed by atoms with Crippen molar-refractivity contribution in [2.75, 3.05) is 4.90 Å². The van der Waals surface area contributed by atoms with Crippen LogP contribution in [0.2, 0.25) is 0 Å². The summed E-state index contributed by atoms with van der Waals surface area (Å²) in [6.45, 7) is 0.259. The van der Waals surface area contributed by atoms with Crippen LogP contribution in [0.1, 0.15) is 21.7 Å². The molecule has 7 heteroatoms. The molecule has 1 saturated heterocycles. The van der Waals surface area contributed by atoms with Crippen molar-refractivity contribution < 1.29 is 14.4 Å². The summed E-state index contributed by atoms with van der Waals surface area (Å²) >= 11 is 4.68. The highest BCUT2D eigenvalue weighted by molar-refractivity contribution is 9.10. The van der Waals surface area contributed by atoms with Crippen molar-refractivity contribution in [3.8, 4) is 0 Å². The van der Waals surface area contributed by atoms with Gasteiger partial charge in [0, 0.05) is 11.0 Å². The molecule has 0 N–H and O–H groups in total. The number of rotatable bonds is 5. The summed E-state index contributed by atoms with van der Waals surface area (Å²) in [5, 5.41) is 1.82. The first kappa shape index (κ1) is 19.5. The summed E-state index contributed by atoms with van der Waals surface area (Å²) in [6.07, 6.45) is -0.0289. The minimum absolute atomic E-state index is 0.0289. The molecule has 1 aliphatic heterocycles. The third-order valence-electron chi connectivity index (χ3n) is 4.77. The fraction of sp³-hybridized carbons (Fsp3) is 0.136. The first-order valence-electron chi connectivity index (χ1n) is 9.05. The Balaban J connectivity index is 1.66. The van der Waals surface area contributed by atoms with E-state index in [2.05, 4.69) is 15.9 Å². The molecule has 1 unspecified atom stereocenters. The van der Waals surface area contributed by atoms with Gasteiger partial charge in [0.2, 0.25) is 5.91 Å². The maximum Gasteiger partial charge on any atom is 0.264 e. The van der Waals surface area contributed by atoms with Gasteiger partial charge in [-0.25, -0.2) is 4.90 Å². The van der Waals surface area contributed by atoms with Crippen LogP contribution in [0.4, 0.5) is 5.69 Å². The Morgan fingerprint density at radius 2 is 1.76 bits per heavy atom. The van der Waals surface area contributed by atoms with Crippen molar-refractivity contribution in [1.29, 1.82) is 0 Å². The van der Waals surface area contributed by atoms with Crippen LogP contribution in [-0.2, 0) is 16.1 Å². The van der Waals surface area contributed by atoms with Gasteiger partial charge in [-0.3, -0.25) is 14.4 Å². The fourth-order valence-electron chi connectivity index (χ4n) is 3.37. The van der Waals surface area contributed by atoms with E-state index in [-0.39, 0.29) is 30.7 Å². The van der Waals surface area contributed by atoms with Crippen molar-refractivity contribution in [3.05, 3.63) is 87.0 Å². The number of carbonyl (C=O) groups excluding carboxylic acids is 3. The van der Waals surface area contributed by atoms with Crippen LogP contribution in [0.15, 0.2) is 76.6 Å². The summed E-state index contributed by atoms with van der Waals surface area (Å²) in [6, 6.07) is 19.2. The molecule has 1 atom stereocenters. The van der Waals surface area contributed by atoms with E-state index < -0.39 is 6.04 Å². The average molecular weight is 469 g/mol. The predicted octanol–water partition coefficient (Wildman–Crippen LogP) is 4.49. The zero-order valence-corrected chi connectivity index (χ0v) is 17.7. The number of imide groups is 1. The van der Waals surface area contributed by atoms with Gasteiger partial charge in [0.05, 0.1) is 17.0 Å². The molecule has 29 heavy (non-hydrogen) atoms. The molecule has 0 spiro atoms. The van der Waals surface area contributed by atoms with E-state index >= 15 is 0 Å². The lowest BCUT2D eigenvalue weighted by Gasteiger charge is -2.27. The van der Waals surface area contributed by atoms with Crippen LogP contribution in [0, 0.1) is 0 Å². The normalized spacial score (nSPS) is 16.3. The molecule has 4 rings (SSSR count). The number of anilines is 1. The molecular formula is C22H17BrN2O3S. The second kappa shape index (κ2) is 8.31. The maximum absolute atomic E-state index is 13.2. The molecule has 3 aromatic rings. The number of benzene rings is 2. The predicted molar refractivity (Wildman–Crippen MR) is 116 cm³/mol. The van der Waals surface area contributed by atoms with Gasteiger partial charge in [0.25, 0.3) is 11.8 Å². The lowest BCUT2D eigenvalue weighted by Crippen LogP contribution is -2.44. The van der Waals surface area contributed by atoms with E-state index in [1.807, 2.05) is 35.7 Å². The molecular weight excluding hydrogens is 452 g/mol. The molecule has 1 aliphatic rings. The second-order valence-electron chi connectivity index (χ2n) is 6.66. The Morgan fingerprint density at radius 3 is 2.41 bits per heavy atom. The SMILES string of the molecule is O=C1CC(N(Cc2ccccc2)C(=O)c2cccs2)C(=O)N1c1ccc(Br)cc1. The Kier molecular flexibility index (Phi) is 5.60. The minimum atomic E-state index is -0.832. The van der Waals surface area contributed by atoms with Gasteiger partial charge in [-0.05, 0) is 41.3 Å². The monoisotopic (exact) mass is 468 g/mol. The van der Waals surface area contributed by atoms with Gasteiger partial charge in [0.15, 0.2) is 0 Å². The molecule has 0 saturated carbocycles. The van der Waals surface area contributed by atoms with Crippen LogP contribution in [0.25, 0.3) is 0 Å². The van der Waals surface area contributed by atoms with E-state index in [4.69, 9.17) is 0 Å². The zero-order valence-electron chi connectivity index (χ0n) is 15.3. The van der Waals surface area contributed by atoms with Crippen LogP contribution < -0.4 is 4.90 Å². The van der Waals surface area contributed by atoms with Crippen LogP contribution >= 0.6 is 27.3 Å². The number of hydrogen-bond donors (Lipinski definition) is 0. The zero-order chi connectivity index (χ0) is 20.4. The molecule has 146 valence electrons. The lowest BCUT2D eigenvalue weighted by atomic mass is 10.1. The fourth-order valence-corrected chi connectivity index (χ4v) is 4.31. The highest BCUT2D eigenvalue weighted by Gasteiger charge is 2.44. The molecule has 1 fully saturated rings. The maximum atomic E-state index is 13.2. The highest BCUT2D eigenvalue weighted by Crippen LogP contribution is 2.29. The molecule has 5 nitrogen and oxygen atoms in total. The largest absolute Gasteiger partial charge is 0.321 e. The number of halogens is 1. The summed E-state index contributed by atoms with van der Waals surface area (Å²) in [5.41, 5.74) is 1.41. The van der Waals surface area contributed by atoms with Crippen molar-refractivity contribution in [2.45, 2.75) is 19.0 Å². The van der Waals surface area contributed by atoms with Crippen molar-refractivity contribution in [2.24, 2.45) is 0 Å². The average Bonchev–Trinajstić information content (AvgIpc) is 3.36. The Hall–Kier alpha value is -2.77. The quantitative estimate of drug-likeness (QED) is 0.518. The van der Waals surface area contributed by atoms with E-state index in [1.165, 1.54) is 21.1 Å². The summed E-state index contributed by atoms with van der Waals surface area (Å²) in [4.78, 5) is 42.3. The molecule has 1 aromatic heterocycles. The van der Waals surface area contributed by atoms with Crippen molar-refractivity contribution in [1.82, 2.24) is 4.90 Å². The Morgan fingerprint density at radius 1 is 1.03 bits per heavy atom. The van der Waals surface area contributed by atoms with Gasteiger partial charge in [0.1, 0.15) is 6.04 Å². The second-order valence-corrected chi connectivity index (χ2v) is 8.52. The number of amides is 3. The molecule has 3 amide bonds. The minimum Gasteiger partial charge on any atom is -0.321 e. The Bertz CT molecular complexity index is 1040. The first-order chi connectivity index (χ1) is 14.0. The third kappa shape index (κ3) is 4.02. The van der Waals surface area contributed by atoms with Gasteiger partial charge >= 0.3 is 0 Å². The Labute approximate surface area is 180 Å². The molecule has 0 aliphatic carbocycles. The van der Waals surface area contributed by atoms with Crippen LogP contribution in [-0.4, -0.2) is 28.7 Å². The van der Waals surface area contributed by atoms with E-state index in [0.717, 1.165) is 10.0 Å². The van der Waals surface area contributed by atoms with Gasteiger partial charge in [-0.15, -0.1) is 11.3 Å². The third-order valence-corrected chi connectivity index (χ3v) is 6.16. The number of hydrogen-bond acceptors (Lipinski definition) is 4. The van der Waals surface area contributed by atoms with Crippen LogP contribution in [0.5, 0.6) is 0 Å². The lowest BCUT2D eigenvalue weighted by molar-refractivity contribution is -0.122.